The predicted octanol–water partition coefficient (Wildman–Crippen LogP) is 1.28. The average Bonchev–Trinajstić information content (AvgIpc) is 3.35. The van der Waals surface area contributed by atoms with Gasteiger partial charge in [-0.2, -0.15) is 5.26 Å². The first-order valence-electron chi connectivity index (χ1n) is 7.95. The summed E-state index contributed by atoms with van der Waals surface area (Å²) in [6.45, 7) is 5.27. The summed E-state index contributed by atoms with van der Waals surface area (Å²) in [7, 11) is 0. The third kappa shape index (κ3) is 3.50. The lowest BCUT2D eigenvalue weighted by Gasteiger charge is -2.13. The molecule has 1 amide bonds. The van der Waals surface area contributed by atoms with Gasteiger partial charge in [-0.05, 0) is 30.4 Å². The molecule has 1 fully saturated rings. The zero-order valence-corrected chi connectivity index (χ0v) is 15.2. The minimum atomic E-state index is -0.290. The topological polar surface area (TPSA) is 66.1 Å². The summed E-state index contributed by atoms with van der Waals surface area (Å²) >= 11 is 2.72. The first kappa shape index (κ1) is 17.4. The summed E-state index contributed by atoms with van der Waals surface area (Å²) in [6, 6.07) is 5.86. The van der Waals surface area contributed by atoms with Gasteiger partial charge in [0.2, 0.25) is 0 Å². The van der Waals surface area contributed by atoms with Crippen LogP contribution in [0, 0.1) is 11.3 Å². The van der Waals surface area contributed by atoms with Crippen molar-refractivity contribution in [2.24, 2.45) is 0 Å². The molecule has 0 atom stereocenters. The number of amides is 1. The van der Waals surface area contributed by atoms with E-state index in [2.05, 4.69) is 6.58 Å². The van der Waals surface area contributed by atoms with E-state index in [0.29, 0.717) is 22.3 Å². The van der Waals surface area contributed by atoms with Gasteiger partial charge in [-0.1, -0.05) is 12.1 Å². The molecule has 128 valence electrons. The fourth-order valence-electron chi connectivity index (χ4n) is 2.77. The van der Waals surface area contributed by atoms with E-state index in [0.717, 1.165) is 17.7 Å². The molecule has 1 aliphatic heterocycles. The Balaban J connectivity index is 2.23. The molecule has 0 radical (unpaired) electrons. The molecule has 7 heteroatoms. The zero-order valence-electron chi connectivity index (χ0n) is 13.6. The van der Waals surface area contributed by atoms with Crippen molar-refractivity contribution in [2.75, 3.05) is 13.1 Å². The Morgan fingerprint density at radius 1 is 1.40 bits per heavy atom. The largest absolute Gasteiger partial charge is 0.338 e. The molecule has 3 rings (SSSR count). The minimum absolute atomic E-state index is 0.0386. The third-order valence-electron chi connectivity index (χ3n) is 3.97. The van der Waals surface area contributed by atoms with Crippen molar-refractivity contribution in [3.05, 3.63) is 54.6 Å². The predicted molar refractivity (Wildman–Crippen MR) is 101 cm³/mol. The lowest BCUT2D eigenvalue weighted by molar-refractivity contribution is -0.123. The highest BCUT2D eigenvalue weighted by molar-refractivity contribution is 7.11. The number of hydrogen-bond donors (Lipinski definition) is 0. The molecule has 3 heterocycles. The normalized spacial score (nSPS) is 16.0. The van der Waals surface area contributed by atoms with E-state index in [-0.39, 0.29) is 23.6 Å². The highest BCUT2D eigenvalue weighted by atomic mass is 32.1. The van der Waals surface area contributed by atoms with Gasteiger partial charge >= 0.3 is 0 Å². The molecular formula is C18H17N3O2S2. The van der Waals surface area contributed by atoms with Gasteiger partial charge in [-0.15, -0.1) is 29.3 Å². The number of thiazole rings is 1. The molecular weight excluding hydrogens is 354 g/mol. The quantitative estimate of drug-likeness (QED) is 0.761. The van der Waals surface area contributed by atoms with Gasteiger partial charge in [0.1, 0.15) is 10.7 Å². The fourth-order valence-corrected chi connectivity index (χ4v) is 4.59. The fraction of sp³-hybridized carbons (Fsp3) is 0.278. The first-order valence-corrected chi connectivity index (χ1v) is 9.64. The average molecular weight is 371 g/mol. The van der Waals surface area contributed by atoms with Crippen LogP contribution in [0.25, 0.3) is 11.6 Å². The summed E-state index contributed by atoms with van der Waals surface area (Å²) in [5.74, 6) is -0.290. The first-order chi connectivity index (χ1) is 12.2. The van der Waals surface area contributed by atoms with E-state index in [9.17, 15) is 14.9 Å². The van der Waals surface area contributed by atoms with E-state index in [1.165, 1.54) is 27.2 Å². The maximum atomic E-state index is 12.7. The molecule has 0 unspecified atom stereocenters. The molecule has 2 aromatic rings. The Hall–Kier alpha value is -2.43. The second kappa shape index (κ2) is 7.64. The second-order valence-electron chi connectivity index (χ2n) is 5.62. The maximum Gasteiger partial charge on any atom is 0.269 e. The Kier molecular flexibility index (Phi) is 5.31. The van der Waals surface area contributed by atoms with Crippen molar-refractivity contribution >= 4 is 40.2 Å². The second-order valence-corrected chi connectivity index (χ2v) is 7.63. The van der Waals surface area contributed by atoms with Crippen LogP contribution < -0.4 is 14.8 Å². The Morgan fingerprint density at radius 2 is 2.16 bits per heavy atom. The maximum absolute atomic E-state index is 12.7. The molecule has 1 saturated heterocycles. The van der Waals surface area contributed by atoms with Crippen molar-refractivity contribution in [2.45, 2.75) is 19.4 Å². The molecule has 1 aliphatic rings. The zero-order chi connectivity index (χ0) is 17.8. The Bertz CT molecular complexity index is 1000. The van der Waals surface area contributed by atoms with Gasteiger partial charge in [-0.25, -0.2) is 0 Å². The number of hydrogen-bond acceptors (Lipinski definition) is 5. The van der Waals surface area contributed by atoms with Crippen molar-refractivity contribution in [3.8, 4) is 6.07 Å². The smallest absolute Gasteiger partial charge is 0.269 e. The van der Waals surface area contributed by atoms with Crippen molar-refractivity contribution in [3.63, 3.8) is 0 Å². The van der Waals surface area contributed by atoms with Gasteiger partial charge in [-0.3, -0.25) is 14.2 Å². The molecule has 2 aromatic heterocycles. The number of carbonyl (C=O) groups excluding carboxylic acids is 1. The van der Waals surface area contributed by atoms with Crippen molar-refractivity contribution in [1.82, 2.24) is 9.47 Å². The Labute approximate surface area is 153 Å². The van der Waals surface area contributed by atoms with Gasteiger partial charge in [0.05, 0.1) is 4.53 Å². The van der Waals surface area contributed by atoms with Crippen LogP contribution >= 0.6 is 22.7 Å². The molecule has 5 nitrogen and oxygen atoms in total. The third-order valence-corrected chi connectivity index (χ3v) is 5.92. The number of allylic oxidation sites excluding steroid dienone is 1. The number of likely N-dealkylation sites (tertiary alicyclic amines) is 1. The monoisotopic (exact) mass is 371 g/mol. The molecule has 25 heavy (non-hydrogen) atoms. The van der Waals surface area contributed by atoms with E-state index in [1.54, 1.807) is 17.1 Å². The molecule has 0 aliphatic carbocycles. The van der Waals surface area contributed by atoms with Gasteiger partial charge in [0.25, 0.3) is 11.5 Å². The summed E-state index contributed by atoms with van der Waals surface area (Å²) in [5.41, 5.74) is -0.160. The van der Waals surface area contributed by atoms with Crippen LogP contribution in [0.15, 0.2) is 35.0 Å². The summed E-state index contributed by atoms with van der Waals surface area (Å²) in [6.07, 6.45) is 5.30. The number of carbonyl (C=O) groups is 1. The van der Waals surface area contributed by atoms with Crippen LogP contribution in [0.3, 0.4) is 0 Å². The van der Waals surface area contributed by atoms with Crippen LogP contribution in [-0.2, 0) is 11.3 Å². The lowest BCUT2D eigenvalue weighted by atomic mass is 10.3. The molecule has 0 aromatic carbocycles. The van der Waals surface area contributed by atoms with Crippen LogP contribution in [0.1, 0.15) is 17.7 Å². The SMILES string of the molecule is C=CCn1c(=O)/c(=C\c2cccs2)s/c1=C(/C#N)C(=O)N1CCCC1. The van der Waals surface area contributed by atoms with Crippen LogP contribution in [-0.4, -0.2) is 28.5 Å². The standard InChI is InChI=1S/C18H17N3O2S2/c1-2-7-21-17(23)15(11-13-6-5-10-24-13)25-18(21)14(12-19)16(22)20-8-3-4-9-20/h2,5-6,10-11H,1,3-4,7-9H2/b15-11+,18-14-. The van der Waals surface area contributed by atoms with Crippen molar-refractivity contribution in [1.29, 1.82) is 5.26 Å². The van der Waals surface area contributed by atoms with Gasteiger partial charge < -0.3 is 4.90 Å². The van der Waals surface area contributed by atoms with E-state index < -0.39 is 0 Å². The minimum Gasteiger partial charge on any atom is -0.338 e. The molecule has 0 bridgehead atoms. The highest BCUT2D eigenvalue weighted by Crippen LogP contribution is 2.12. The number of thiophene rings is 1. The Morgan fingerprint density at radius 3 is 2.76 bits per heavy atom. The number of rotatable bonds is 4. The number of nitrogens with zero attached hydrogens (tertiary/aromatic N) is 3. The van der Waals surface area contributed by atoms with E-state index in [4.69, 9.17) is 0 Å². The van der Waals surface area contributed by atoms with E-state index >= 15 is 0 Å². The van der Waals surface area contributed by atoms with Crippen molar-refractivity contribution < 1.29 is 4.79 Å². The van der Waals surface area contributed by atoms with E-state index in [1.807, 2.05) is 23.6 Å². The summed E-state index contributed by atoms with van der Waals surface area (Å²) in [5, 5.41) is 11.5. The number of aromatic nitrogens is 1. The summed E-state index contributed by atoms with van der Waals surface area (Å²) in [4.78, 5) is 28.1. The number of nitriles is 1. The van der Waals surface area contributed by atoms with Crippen LogP contribution in [0.2, 0.25) is 0 Å². The molecule has 0 N–H and O–H groups in total. The highest BCUT2D eigenvalue weighted by Gasteiger charge is 2.23. The van der Waals surface area contributed by atoms with Crippen LogP contribution in [0.5, 0.6) is 0 Å². The van der Waals surface area contributed by atoms with Gasteiger partial charge in [0.15, 0.2) is 5.57 Å². The summed E-state index contributed by atoms with van der Waals surface area (Å²) < 4.78 is 2.39. The van der Waals surface area contributed by atoms with Crippen LogP contribution in [0.4, 0.5) is 0 Å². The molecule has 0 saturated carbocycles. The van der Waals surface area contributed by atoms with Gasteiger partial charge in [0, 0.05) is 24.5 Å². The molecule has 0 spiro atoms. The lowest BCUT2D eigenvalue weighted by Crippen LogP contribution is -2.35.